The Morgan fingerprint density at radius 2 is 2.14 bits per heavy atom. The fourth-order valence-corrected chi connectivity index (χ4v) is 1.22. The average molecular weight is 208 g/mol. The van der Waals surface area contributed by atoms with Gasteiger partial charge in [0.05, 0.1) is 0 Å². The van der Waals surface area contributed by atoms with E-state index in [0.717, 1.165) is 17.2 Å². The number of hydrogen-bond acceptors (Lipinski definition) is 1. The van der Waals surface area contributed by atoms with E-state index in [9.17, 15) is 0 Å². The first-order valence-electron chi connectivity index (χ1n) is 4.70. The van der Waals surface area contributed by atoms with Crippen LogP contribution in [0.2, 0.25) is 0 Å². The second kappa shape index (κ2) is 4.96. The van der Waals surface area contributed by atoms with Crippen LogP contribution in [-0.2, 0) is 6.42 Å². The third kappa shape index (κ3) is 3.00. The van der Waals surface area contributed by atoms with Crippen molar-refractivity contribution in [1.29, 1.82) is 0 Å². The predicted octanol–water partition coefficient (Wildman–Crippen LogP) is 2.51. The Balaban J connectivity index is 2.72. The van der Waals surface area contributed by atoms with Gasteiger partial charge in [-0.2, -0.15) is 0 Å². The molecule has 1 aromatic rings. The first-order valence-corrected chi connectivity index (χ1v) is 5.11. The van der Waals surface area contributed by atoms with Crippen LogP contribution in [0.3, 0.4) is 0 Å². The summed E-state index contributed by atoms with van der Waals surface area (Å²) in [5.41, 5.74) is 2.37. The highest BCUT2D eigenvalue weighted by Gasteiger charge is 1.99. The first kappa shape index (κ1) is 11.0. The lowest BCUT2D eigenvalue weighted by molar-refractivity contribution is 0.634. The quantitative estimate of drug-likeness (QED) is 0.752. The second-order valence-electron chi connectivity index (χ2n) is 3.38. The molecule has 2 nitrogen and oxygen atoms in total. The largest absolute Gasteiger partial charge is 0.355 e. The summed E-state index contributed by atoms with van der Waals surface area (Å²) in [6.45, 7) is 2.14. The molecule has 0 heterocycles. The smallest absolute Gasteiger partial charge is 0.172 e. The highest BCUT2D eigenvalue weighted by molar-refractivity contribution is 7.80. The van der Waals surface area contributed by atoms with Crippen molar-refractivity contribution < 1.29 is 0 Å². The Kier molecular flexibility index (Phi) is 3.89. The molecule has 0 amide bonds. The molecular weight excluding hydrogens is 192 g/mol. The monoisotopic (exact) mass is 208 g/mol. The summed E-state index contributed by atoms with van der Waals surface area (Å²) in [6.07, 6.45) is 1.05. The van der Waals surface area contributed by atoms with Gasteiger partial charge < -0.3 is 10.2 Å². The normalized spacial score (nSPS) is 9.64. The van der Waals surface area contributed by atoms with Crippen molar-refractivity contribution in [3.63, 3.8) is 0 Å². The molecule has 76 valence electrons. The van der Waals surface area contributed by atoms with Crippen LogP contribution in [0.15, 0.2) is 24.3 Å². The van der Waals surface area contributed by atoms with Crippen LogP contribution in [0, 0.1) is 0 Å². The number of aryl methyl sites for hydroxylation is 1. The lowest BCUT2D eigenvalue weighted by Crippen LogP contribution is -2.26. The molecule has 0 aliphatic carbocycles. The molecule has 0 saturated heterocycles. The number of nitrogens with zero attached hydrogens (tertiary/aromatic N) is 1. The maximum absolute atomic E-state index is 5.15. The van der Waals surface area contributed by atoms with Crippen LogP contribution in [0.5, 0.6) is 0 Å². The summed E-state index contributed by atoms with van der Waals surface area (Å²) >= 11 is 5.15. The Hall–Kier alpha value is -1.09. The van der Waals surface area contributed by atoms with Crippen molar-refractivity contribution >= 4 is 23.0 Å². The van der Waals surface area contributed by atoms with Gasteiger partial charge in [-0.05, 0) is 36.3 Å². The topological polar surface area (TPSA) is 15.3 Å². The van der Waals surface area contributed by atoms with Crippen molar-refractivity contribution in [2.45, 2.75) is 13.3 Å². The van der Waals surface area contributed by atoms with Crippen molar-refractivity contribution in [2.24, 2.45) is 0 Å². The van der Waals surface area contributed by atoms with E-state index in [4.69, 9.17) is 12.2 Å². The highest BCUT2D eigenvalue weighted by Crippen LogP contribution is 2.11. The molecule has 0 aliphatic heterocycles. The summed E-state index contributed by atoms with van der Waals surface area (Å²) in [5, 5.41) is 3.91. The molecule has 14 heavy (non-hydrogen) atoms. The van der Waals surface area contributed by atoms with Crippen LogP contribution in [0.25, 0.3) is 0 Å². The lowest BCUT2D eigenvalue weighted by atomic mass is 10.1. The molecule has 1 rings (SSSR count). The Bertz CT molecular complexity index is 321. The van der Waals surface area contributed by atoms with E-state index < -0.39 is 0 Å². The SMILES string of the molecule is CCc1cccc(NC(=S)N(C)C)c1. The van der Waals surface area contributed by atoms with Gasteiger partial charge in [-0.25, -0.2) is 0 Å². The first-order chi connectivity index (χ1) is 6.63. The minimum absolute atomic E-state index is 0.734. The Morgan fingerprint density at radius 1 is 1.43 bits per heavy atom. The summed E-state index contributed by atoms with van der Waals surface area (Å²) in [4.78, 5) is 1.88. The maximum atomic E-state index is 5.15. The third-order valence-electron chi connectivity index (χ3n) is 1.99. The van der Waals surface area contributed by atoms with Gasteiger partial charge in [0, 0.05) is 19.8 Å². The Labute approximate surface area is 90.9 Å². The Morgan fingerprint density at radius 3 is 2.71 bits per heavy atom. The van der Waals surface area contributed by atoms with Gasteiger partial charge in [-0.3, -0.25) is 0 Å². The zero-order chi connectivity index (χ0) is 10.6. The molecule has 0 aliphatic rings. The van der Waals surface area contributed by atoms with Gasteiger partial charge >= 0.3 is 0 Å². The molecule has 0 aromatic heterocycles. The highest BCUT2D eigenvalue weighted by atomic mass is 32.1. The summed E-state index contributed by atoms with van der Waals surface area (Å²) in [5.74, 6) is 0. The fraction of sp³-hybridized carbons (Fsp3) is 0.364. The van der Waals surface area contributed by atoms with Crippen LogP contribution in [0.4, 0.5) is 5.69 Å². The minimum Gasteiger partial charge on any atom is -0.355 e. The minimum atomic E-state index is 0.734. The fourth-order valence-electron chi connectivity index (χ4n) is 1.10. The van der Waals surface area contributed by atoms with Crippen molar-refractivity contribution in [3.8, 4) is 0 Å². The van der Waals surface area contributed by atoms with Crippen LogP contribution < -0.4 is 5.32 Å². The molecule has 0 bridgehead atoms. The average Bonchev–Trinajstić information content (AvgIpc) is 2.18. The molecule has 0 unspecified atom stereocenters. The maximum Gasteiger partial charge on any atom is 0.172 e. The molecule has 0 saturated carbocycles. The van der Waals surface area contributed by atoms with E-state index in [1.165, 1.54) is 5.56 Å². The molecule has 1 N–H and O–H groups in total. The van der Waals surface area contributed by atoms with E-state index in [1.54, 1.807) is 0 Å². The van der Waals surface area contributed by atoms with Gasteiger partial charge in [-0.15, -0.1) is 0 Å². The van der Waals surface area contributed by atoms with Crippen LogP contribution in [-0.4, -0.2) is 24.1 Å². The molecule has 1 aromatic carbocycles. The summed E-state index contributed by atoms with van der Waals surface area (Å²) < 4.78 is 0. The lowest BCUT2D eigenvalue weighted by Gasteiger charge is -2.15. The predicted molar refractivity (Wildman–Crippen MR) is 65.7 cm³/mol. The van der Waals surface area contributed by atoms with Crippen molar-refractivity contribution in [3.05, 3.63) is 29.8 Å². The second-order valence-corrected chi connectivity index (χ2v) is 3.77. The van der Waals surface area contributed by atoms with E-state index in [2.05, 4.69) is 24.4 Å². The number of hydrogen-bond donors (Lipinski definition) is 1. The number of anilines is 1. The molecule has 0 fully saturated rings. The number of thiocarbonyl (C=S) groups is 1. The molecule has 0 spiro atoms. The van der Waals surface area contributed by atoms with Gasteiger partial charge in [0.15, 0.2) is 5.11 Å². The molecule has 0 atom stereocenters. The summed E-state index contributed by atoms with van der Waals surface area (Å²) in [6, 6.07) is 8.30. The van der Waals surface area contributed by atoms with Crippen molar-refractivity contribution in [1.82, 2.24) is 4.90 Å². The zero-order valence-electron chi connectivity index (χ0n) is 8.87. The van der Waals surface area contributed by atoms with E-state index in [0.29, 0.717) is 0 Å². The van der Waals surface area contributed by atoms with Gasteiger partial charge in [0.1, 0.15) is 0 Å². The number of rotatable bonds is 2. The third-order valence-corrected chi connectivity index (χ3v) is 2.46. The van der Waals surface area contributed by atoms with Gasteiger partial charge in [0.2, 0.25) is 0 Å². The molecule has 0 radical (unpaired) electrons. The van der Waals surface area contributed by atoms with Gasteiger partial charge in [-0.1, -0.05) is 19.1 Å². The van der Waals surface area contributed by atoms with E-state index in [1.807, 2.05) is 31.1 Å². The van der Waals surface area contributed by atoms with Gasteiger partial charge in [0.25, 0.3) is 0 Å². The van der Waals surface area contributed by atoms with Crippen LogP contribution in [0.1, 0.15) is 12.5 Å². The standard InChI is InChI=1S/C11H16N2S/c1-4-9-6-5-7-10(8-9)12-11(14)13(2)3/h5-8H,4H2,1-3H3,(H,12,14). The zero-order valence-corrected chi connectivity index (χ0v) is 9.69. The van der Waals surface area contributed by atoms with Crippen molar-refractivity contribution in [2.75, 3.05) is 19.4 Å². The van der Waals surface area contributed by atoms with Crippen LogP contribution >= 0.6 is 12.2 Å². The number of nitrogens with one attached hydrogen (secondary N) is 1. The number of benzene rings is 1. The van der Waals surface area contributed by atoms with E-state index >= 15 is 0 Å². The molecular formula is C11H16N2S. The summed E-state index contributed by atoms with van der Waals surface area (Å²) in [7, 11) is 3.86. The molecule has 3 heteroatoms. The van der Waals surface area contributed by atoms with E-state index in [-0.39, 0.29) is 0 Å².